The molecule has 0 aliphatic rings. The molecule has 0 unspecified atom stereocenters. The average molecular weight is 527 g/mol. The summed E-state index contributed by atoms with van der Waals surface area (Å²) in [5.41, 5.74) is 1.98. The first-order valence-corrected chi connectivity index (χ1v) is 9.51. The lowest BCUT2D eigenvalue weighted by Crippen LogP contribution is -2.38. The average Bonchev–Trinajstić information content (AvgIpc) is 2.73. The van der Waals surface area contributed by atoms with Gasteiger partial charge in [-0.25, -0.2) is 9.98 Å². The van der Waals surface area contributed by atoms with Crippen LogP contribution in [-0.2, 0) is 11.3 Å². The lowest BCUT2D eigenvalue weighted by Gasteiger charge is -2.13. The number of methoxy groups -OCH3 is 2. The van der Waals surface area contributed by atoms with Crippen molar-refractivity contribution in [3.8, 4) is 11.5 Å². The highest BCUT2D eigenvalue weighted by Crippen LogP contribution is 2.25. The number of guanidine groups is 1. The third-order valence-corrected chi connectivity index (χ3v) is 4.07. The van der Waals surface area contributed by atoms with Crippen LogP contribution in [0.5, 0.6) is 11.5 Å². The van der Waals surface area contributed by atoms with E-state index in [-0.39, 0.29) is 29.9 Å². The summed E-state index contributed by atoms with van der Waals surface area (Å²) in [6, 6.07) is 9.32. The molecular weight excluding hydrogens is 497 g/mol. The summed E-state index contributed by atoms with van der Waals surface area (Å²) in [7, 11) is 3.23. The maximum absolute atomic E-state index is 12.1. The molecule has 8 nitrogen and oxygen atoms in total. The standard InChI is InChI=1S/C21H29N5O3.HI/c1-5-22-21(25-14-16-7-8-17(28-3)12-18(16)29-4)23-11-10-20(27)26-19-9-6-15(2)13-24-19;/h6-9,12-13H,5,10-11,14H2,1-4H3,(H2,22,23,25)(H,24,26,27);1H. The van der Waals surface area contributed by atoms with Crippen LogP contribution in [0.1, 0.15) is 24.5 Å². The number of hydrogen-bond donors (Lipinski definition) is 3. The van der Waals surface area contributed by atoms with Crippen molar-refractivity contribution in [2.75, 3.05) is 32.6 Å². The summed E-state index contributed by atoms with van der Waals surface area (Å²) in [4.78, 5) is 20.8. The van der Waals surface area contributed by atoms with Crippen molar-refractivity contribution in [1.82, 2.24) is 15.6 Å². The molecule has 0 fully saturated rings. The van der Waals surface area contributed by atoms with Gasteiger partial charge in [-0.1, -0.05) is 6.07 Å². The van der Waals surface area contributed by atoms with Crippen molar-refractivity contribution < 1.29 is 14.3 Å². The fraction of sp³-hybridized carbons (Fsp3) is 0.381. The van der Waals surface area contributed by atoms with Gasteiger partial charge in [-0.15, -0.1) is 24.0 Å². The Balaban J connectivity index is 0.00000450. The molecule has 3 N–H and O–H groups in total. The molecule has 0 aliphatic carbocycles. The number of pyridine rings is 1. The molecule has 1 aromatic carbocycles. The lowest BCUT2D eigenvalue weighted by molar-refractivity contribution is -0.116. The van der Waals surface area contributed by atoms with Gasteiger partial charge in [0.2, 0.25) is 5.91 Å². The number of aromatic nitrogens is 1. The van der Waals surface area contributed by atoms with Crippen LogP contribution in [0.25, 0.3) is 0 Å². The van der Waals surface area contributed by atoms with Gasteiger partial charge in [0.25, 0.3) is 0 Å². The Kier molecular flexibility index (Phi) is 11.6. The first-order valence-electron chi connectivity index (χ1n) is 9.51. The molecule has 30 heavy (non-hydrogen) atoms. The van der Waals surface area contributed by atoms with Crippen molar-refractivity contribution in [1.29, 1.82) is 0 Å². The Morgan fingerprint density at radius 1 is 1.13 bits per heavy atom. The zero-order valence-corrected chi connectivity index (χ0v) is 20.2. The predicted octanol–water partition coefficient (Wildman–Crippen LogP) is 3.11. The van der Waals surface area contributed by atoms with Crippen LogP contribution < -0.4 is 25.4 Å². The number of halogens is 1. The van der Waals surface area contributed by atoms with Crippen molar-refractivity contribution in [3.05, 3.63) is 47.7 Å². The highest BCUT2D eigenvalue weighted by molar-refractivity contribution is 14.0. The molecule has 9 heteroatoms. The van der Waals surface area contributed by atoms with E-state index in [1.54, 1.807) is 26.5 Å². The van der Waals surface area contributed by atoms with E-state index in [1.807, 2.05) is 38.1 Å². The molecule has 0 saturated carbocycles. The monoisotopic (exact) mass is 527 g/mol. The van der Waals surface area contributed by atoms with E-state index in [0.29, 0.717) is 43.6 Å². The fourth-order valence-electron chi connectivity index (χ4n) is 2.53. The summed E-state index contributed by atoms with van der Waals surface area (Å²) in [6.07, 6.45) is 2.02. The van der Waals surface area contributed by atoms with Crippen LogP contribution in [0.3, 0.4) is 0 Å². The molecular formula is C21H30IN5O3. The Morgan fingerprint density at radius 3 is 2.57 bits per heavy atom. The molecule has 2 rings (SSSR count). The highest BCUT2D eigenvalue weighted by Gasteiger charge is 2.07. The molecule has 0 atom stereocenters. The van der Waals surface area contributed by atoms with Gasteiger partial charge in [0, 0.05) is 37.3 Å². The number of aliphatic imine (C=N–C) groups is 1. The third-order valence-electron chi connectivity index (χ3n) is 4.07. The molecule has 164 valence electrons. The summed E-state index contributed by atoms with van der Waals surface area (Å²) < 4.78 is 10.6. The summed E-state index contributed by atoms with van der Waals surface area (Å²) in [5.74, 6) is 2.52. The molecule has 1 heterocycles. The van der Waals surface area contributed by atoms with Crippen molar-refractivity contribution in [2.45, 2.75) is 26.8 Å². The Morgan fingerprint density at radius 2 is 1.93 bits per heavy atom. The molecule has 1 aromatic heterocycles. The van der Waals surface area contributed by atoms with E-state index < -0.39 is 0 Å². The van der Waals surface area contributed by atoms with Gasteiger partial charge in [0.05, 0.1) is 20.8 Å². The topological polar surface area (TPSA) is 96.9 Å². The van der Waals surface area contributed by atoms with Gasteiger partial charge in [0.15, 0.2) is 5.96 Å². The smallest absolute Gasteiger partial charge is 0.227 e. The summed E-state index contributed by atoms with van der Waals surface area (Å²) >= 11 is 0. The van der Waals surface area contributed by atoms with Crippen LogP contribution >= 0.6 is 24.0 Å². The van der Waals surface area contributed by atoms with E-state index in [0.717, 1.165) is 16.9 Å². The number of carbonyl (C=O) groups excluding carboxylic acids is 1. The quantitative estimate of drug-likeness (QED) is 0.264. The van der Waals surface area contributed by atoms with Crippen molar-refractivity contribution in [2.24, 2.45) is 4.99 Å². The molecule has 1 amide bonds. The number of benzene rings is 1. The molecule has 0 spiro atoms. The first-order chi connectivity index (χ1) is 14.0. The molecule has 0 aliphatic heterocycles. The van der Waals surface area contributed by atoms with E-state index in [4.69, 9.17) is 9.47 Å². The van der Waals surface area contributed by atoms with Crippen molar-refractivity contribution >= 4 is 41.7 Å². The number of nitrogens with zero attached hydrogens (tertiary/aromatic N) is 2. The van der Waals surface area contributed by atoms with Crippen LogP contribution in [-0.4, -0.2) is 44.2 Å². The molecule has 0 bridgehead atoms. The summed E-state index contributed by atoms with van der Waals surface area (Å²) in [6.45, 7) is 5.53. The molecule has 0 saturated heterocycles. The minimum absolute atomic E-state index is 0. The normalized spacial score (nSPS) is 10.6. The maximum atomic E-state index is 12.1. The van der Waals surface area contributed by atoms with Gasteiger partial charge in [-0.05, 0) is 37.6 Å². The minimum atomic E-state index is -0.110. The fourth-order valence-corrected chi connectivity index (χ4v) is 2.53. The Hall–Kier alpha value is -2.56. The first kappa shape index (κ1) is 25.5. The Bertz CT molecular complexity index is 828. The lowest BCUT2D eigenvalue weighted by atomic mass is 10.2. The SMILES string of the molecule is CCNC(=NCc1ccc(OC)cc1OC)NCCC(=O)Nc1ccc(C)cn1.I. The maximum Gasteiger partial charge on any atom is 0.227 e. The number of rotatable bonds is 9. The van der Waals surface area contributed by atoms with Gasteiger partial charge >= 0.3 is 0 Å². The largest absolute Gasteiger partial charge is 0.497 e. The van der Waals surface area contributed by atoms with E-state index in [2.05, 4.69) is 25.9 Å². The number of ether oxygens (including phenoxy) is 2. The van der Waals surface area contributed by atoms with Gasteiger partial charge in [-0.3, -0.25) is 4.79 Å². The van der Waals surface area contributed by atoms with Crippen LogP contribution in [0.4, 0.5) is 5.82 Å². The van der Waals surface area contributed by atoms with Gasteiger partial charge in [-0.2, -0.15) is 0 Å². The van der Waals surface area contributed by atoms with Gasteiger partial charge in [0.1, 0.15) is 17.3 Å². The third kappa shape index (κ3) is 8.44. The second-order valence-electron chi connectivity index (χ2n) is 6.32. The van der Waals surface area contributed by atoms with Crippen molar-refractivity contribution in [3.63, 3.8) is 0 Å². The Labute approximate surface area is 194 Å². The number of aryl methyl sites for hydroxylation is 1. The number of hydrogen-bond acceptors (Lipinski definition) is 5. The van der Waals surface area contributed by atoms with E-state index >= 15 is 0 Å². The number of anilines is 1. The van der Waals surface area contributed by atoms with E-state index in [1.165, 1.54) is 0 Å². The zero-order chi connectivity index (χ0) is 21.1. The molecule has 0 radical (unpaired) electrons. The zero-order valence-electron chi connectivity index (χ0n) is 17.8. The minimum Gasteiger partial charge on any atom is -0.497 e. The highest BCUT2D eigenvalue weighted by atomic mass is 127. The van der Waals surface area contributed by atoms with Crippen LogP contribution in [0, 0.1) is 6.92 Å². The number of amides is 1. The number of carbonyl (C=O) groups is 1. The number of nitrogens with one attached hydrogen (secondary N) is 3. The second-order valence-corrected chi connectivity index (χ2v) is 6.32. The second kappa shape index (κ2) is 13.6. The summed E-state index contributed by atoms with van der Waals surface area (Å²) in [5, 5.41) is 9.12. The predicted molar refractivity (Wildman–Crippen MR) is 130 cm³/mol. The van der Waals surface area contributed by atoms with Crippen LogP contribution in [0.15, 0.2) is 41.5 Å². The molecule has 2 aromatic rings. The van der Waals surface area contributed by atoms with Crippen LogP contribution in [0.2, 0.25) is 0 Å². The van der Waals surface area contributed by atoms with E-state index in [9.17, 15) is 4.79 Å². The van der Waals surface area contributed by atoms with Gasteiger partial charge < -0.3 is 25.4 Å².